The minimum atomic E-state index is -0.747. The molecular formula is C36H32N2O6S. The average Bonchev–Trinajstić information content (AvgIpc) is 3.37. The monoisotopic (exact) mass is 620 g/mol. The van der Waals surface area contributed by atoms with Gasteiger partial charge in [-0.3, -0.25) is 9.36 Å². The topological polar surface area (TPSA) is 99.4 Å². The molecule has 1 atom stereocenters. The number of fused-ring (bicyclic) bond motifs is 2. The van der Waals surface area contributed by atoms with Crippen molar-refractivity contribution in [2.45, 2.75) is 33.4 Å². The van der Waals surface area contributed by atoms with Crippen LogP contribution in [0.25, 0.3) is 22.5 Å². The Morgan fingerprint density at radius 1 is 0.956 bits per heavy atom. The lowest BCUT2D eigenvalue weighted by Gasteiger charge is -2.23. The number of allylic oxidation sites excluding steroid dienone is 1. The Morgan fingerprint density at radius 3 is 2.51 bits per heavy atom. The summed E-state index contributed by atoms with van der Waals surface area (Å²) in [6, 6.07) is 25.7. The molecule has 0 radical (unpaired) electrons. The van der Waals surface area contributed by atoms with Gasteiger partial charge in [-0.25, -0.2) is 9.79 Å². The molecule has 8 nitrogen and oxygen atoms in total. The zero-order valence-corrected chi connectivity index (χ0v) is 26.0. The lowest BCUT2D eigenvalue weighted by atomic mass is 9.96. The fourth-order valence-corrected chi connectivity index (χ4v) is 6.46. The molecule has 0 spiro atoms. The average molecular weight is 621 g/mol. The van der Waals surface area contributed by atoms with E-state index in [1.165, 1.54) is 15.9 Å². The highest BCUT2D eigenvalue weighted by molar-refractivity contribution is 7.07. The van der Waals surface area contributed by atoms with E-state index in [0.717, 1.165) is 16.3 Å². The van der Waals surface area contributed by atoms with Gasteiger partial charge >= 0.3 is 5.97 Å². The van der Waals surface area contributed by atoms with E-state index in [9.17, 15) is 14.7 Å². The Bertz CT molecular complexity index is 2110. The van der Waals surface area contributed by atoms with Gasteiger partial charge in [-0.05, 0) is 66.9 Å². The molecule has 0 saturated carbocycles. The minimum absolute atomic E-state index is 0.0665. The van der Waals surface area contributed by atoms with E-state index in [0.29, 0.717) is 50.9 Å². The fraction of sp³-hybridized carbons (Fsp3) is 0.194. The second kappa shape index (κ2) is 12.8. The number of hydrogen-bond acceptors (Lipinski definition) is 8. The number of esters is 1. The maximum Gasteiger partial charge on any atom is 0.338 e. The summed E-state index contributed by atoms with van der Waals surface area (Å²) in [4.78, 5) is 32.5. The number of carbonyl (C=O) groups excluding carboxylic acids is 1. The minimum Gasteiger partial charge on any atom is -0.507 e. The summed E-state index contributed by atoms with van der Waals surface area (Å²) in [5.41, 5.74) is 2.63. The van der Waals surface area contributed by atoms with Crippen LogP contribution < -0.4 is 24.4 Å². The zero-order valence-electron chi connectivity index (χ0n) is 25.2. The van der Waals surface area contributed by atoms with Crippen LogP contribution in [0.2, 0.25) is 0 Å². The molecule has 1 aromatic heterocycles. The van der Waals surface area contributed by atoms with Gasteiger partial charge in [0, 0.05) is 11.3 Å². The number of nitrogens with zero attached hydrogens (tertiary/aromatic N) is 2. The van der Waals surface area contributed by atoms with Crippen LogP contribution in [0.4, 0.5) is 0 Å². The van der Waals surface area contributed by atoms with Gasteiger partial charge in [0.05, 0.1) is 23.3 Å². The summed E-state index contributed by atoms with van der Waals surface area (Å²) >= 11 is 1.20. The van der Waals surface area contributed by atoms with Crippen LogP contribution >= 0.6 is 11.3 Å². The van der Waals surface area contributed by atoms with Gasteiger partial charge in [0.2, 0.25) is 0 Å². The third kappa shape index (κ3) is 5.86. The molecule has 6 rings (SSSR count). The summed E-state index contributed by atoms with van der Waals surface area (Å²) in [5, 5.41) is 12.5. The van der Waals surface area contributed by atoms with Crippen LogP contribution in [-0.4, -0.2) is 28.9 Å². The SMILES string of the molecule is CCOC(=O)C1=C(C)n2c(s/c(=C\c3c(O)ccc4ccccc34)c2=O)=N[C@H]1c1ccc(OCc2ccccc2)c(OCC)c1. The Hall–Kier alpha value is -5.15. The molecule has 228 valence electrons. The first kappa shape index (κ1) is 29.9. The Morgan fingerprint density at radius 2 is 1.73 bits per heavy atom. The number of aromatic hydroxyl groups is 1. The number of hydrogen-bond donors (Lipinski definition) is 1. The number of phenols is 1. The predicted molar refractivity (Wildman–Crippen MR) is 175 cm³/mol. The van der Waals surface area contributed by atoms with Crippen molar-refractivity contribution in [3.63, 3.8) is 0 Å². The van der Waals surface area contributed by atoms with Gasteiger partial charge in [0.25, 0.3) is 5.56 Å². The summed E-state index contributed by atoms with van der Waals surface area (Å²) in [6.45, 7) is 6.31. The maximum atomic E-state index is 13.8. The number of aromatic nitrogens is 1. The number of ether oxygens (including phenoxy) is 3. The molecule has 1 aliphatic rings. The molecule has 45 heavy (non-hydrogen) atoms. The van der Waals surface area contributed by atoms with Gasteiger partial charge in [0.15, 0.2) is 16.3 Å². The molecule has 0 amide bonds. The van der Waals surface area contributed by atoms with Gasteiger partial charge in [0.1, 0.15) is 18.4 Å². The van der Waals surface area contributed by atoms with Crippen molar-refractivity contribution in [1.82, 2.24) is 4.57 Å². The first-order valence-corrected chi connectivity index (χ1v) is 15.5. The van der Waals surface area contributed by atoms with E-state index < -0.39 is 12.0 Å². The van der Waals surface area contributed by atoms with E-state index in [1.807, 2.05) is 85.8 Å². The van der Waals surface area contributed by atoms with Crippen LogP contribution in [0.5, 0.6) is 17.2 Å². The number of carbonyl (C=O) groups is 1. The first-order valence-electron chi connectivity index (χ1n) is 14.7. The second-order valence-electron chi connectivity index (χ2n) is 10.4. The number of benzene rings is 4. The highest BCUT2D eigenvalue weighted by Crippen LogP contribution is 2.37. The van der Waals surface area contributed by atoms with Gasteiger partial charge < -0.3 is 19.3 Å². The standard InChI is InChI=1S/C36H32N2O6S/c1-4-42-30-19-25(16-18-29(30)44-21-23-11-7-6-8-12-23)33-32(35(41)43-5-2)22(3)38-34(40)31(45-36(38)37-33)20-27-26-14-10-9-13-24(26)15-17-28(27)39/h6-20,33,39H,4-5,21H2,1-3H3/b31-20-/t33-/m0/s1. The number of thiazole rings is 1. The van der Waals surface area contributed by atoms with Crippen molar-refractivity contribution in [2.75, 3.05) is 13.2 Å². The molecule has 4 aromatic carbocycles. The molecule has 5 aromatic rings. The van der Waals surface area contributed by atoms with E-state index in [4.69, 9.17) is 19.2 Å². The van der Waals surface area contributed by atoms with E-state index in [1.54, 1.807) is 26.0 Å². The smallest absolute Gasteiger partial charge is 0.338 e. The lowest BCUT2D eigenvalue weighted by molar-refractivity contribution is -0.138. The Kier molecular flexibility index (Phi) is 8.53. The highest BCUT2D eigenvalue weighted by Gasteiger charge is 2.32. The summed E-state index contributed by atoms with van der Waals surface area (Å²) < 4.78 is 19.3. The second-order valence-corrected chi connectivity index (χ2v) is 11.4. The van der Waals surface area contributed by atoms with Crippen molar-refractivity contribution >= 4 is 39.9 Å². The van der Waals surface area contributed by atoms with Crippen molar-refractivity contribution < 1.29 is 24.1 Å². The van der Waals surface area contributed by atoms with Crippen molar-refractivity contribution in [3.8, 4) is 17.2 Å². The lowest BCUT2D eigenvalue weighted by Crippen LogP contribution is -2.35. The fourth-order valence-electron chi connectivity index (χ4n) is 5.44. The zero-order chi connectivity index (χ0) is 31.5. The quantitative estimate of drug-likeness (QED) is 0.211. The molecule has 2 heterocycles. The third-order valence-electron chi connectivity index (χ3n) is 7.58. The summed E-state index contributed by atoms with van der Waals surface area (Å²) in [5.74, 6) is 0.610. The highest BCUT2D eigenvalue weighted by atomic mass is 32.1. The van der Waals surface area contributed by atoms with Crippen molar-refractivity contribution in [3.05, 3.63) is 127 Å². The maximum absolute atomic E-state index is 13.8. The van der Waals surface area contributed by atoms with Gasteiger partial charge in [-0.2, -0.15) is 0 Å². The van der Waals surface area contributed by atoms with E-state index >= 15 is 0 Å². The largest absolute Gasteiger partial charge is 0.507 e. The molecule has 9 heteroatoms. The van der Waals surface area contributed by atoms with Crippen molar-refractivity contribution in [2.24, 2.45) is 4.99 Å². The van der Waals surface area contributed by atoms with Crippen LogP contribution in [0.15, 0.2) is 100 Å². The van der Waals surface area contributed by atoms with Crippen molar-refractivity contribution in [1.29, 1.82) is 0 Å². The molecule has 0 aliphatic carbocycles. The molecule has 0 bridgehead atoms. The Balaban J connectivity index is 1.47. The van der Waals surface area contributed by atoms with Gasteiger partial charge in [-0.1, -0.05) is 78.1 Å². The van der Waals surface area contributed by atoms with Crippen LogP contribution in [0, 0.1) is 0 Å². The first-order chi connectivity index (χ1) is 21.9. The van der Waals surface area contributed by atoms with E-state index in [-0.39, 0.29) is 23.5 Å². The number of rotatable bonds is 9. The van der Waals surface area contributed by atoms with Gasteiger partial charge in [-0.15, -0.1) is 0 Å². The predicted octanol–water partition coefficient (Wildman–Crippen LogP) is 5.74. The molecule has 0 unspecified atom stereocenters. The summed E-state index contributed by atoms with van der Waals surface area (Å²) in [6.07, 6.45) is 1.68. The normalized spacial score (nSPS) is 14.6. The third-order valence-corrected chi connectivity index (χ3v) is 8.57. The molecule has 1 N–H and O–H groups in total. The van der Waals surface area contributed by atoms with Crippen LogP contribution in [0.1, 0.15) is 43.5 Å². The molecule has 1 aliphatic heterocycles. The Labute approximate surface area is 263 Å². The van der Waals surface area contributed by atoms with Crippen LogP contribution in [0.3, 0.4) is 0 Å². The van der Waals surface area contributed by atoms with Crippen LogP contribution in [-0.2, 0) is 16.1 Å². The van der Waals surface area contributed by atoms with E-state index in [2.05, 4.69) is 0 Å². The molecule has 0 saturated heterocycles. The summed E-state index contributed by atoms with van der Waals surface area (Å²) in [7, 11) is 0. The number of phenolic OH excluding ortho intramolecular Hbond substituents is 1. The molecule has 0 fully saturated rings. The molecular weight excluding hydrogens is 588 g/mol.